The molecule has 1 aromatic rings. The summed E-state index contributed by atoms with van der Waals surface area (Å²) >= 11 is 0. The van der Waals surface area contributed by atoms with E-state index in [2.05, 4.69) is 0 Å². The van der Waals surface area contributed by atoms with Crippen LogP contribution in [0, 0.1) is 5.92 Å². The summed E-state index contributed by atoms with van der Waals surface area (Å²) in [5, 5.41) is 0. The van der Waals surface area contributed by atoms with Crippen LogP contribution in [0.4, 0.5) is 0 Å². The molecule has 0 spiro atoms. The monoisotopic (exact) mass is 319 g/mol. The number of benzene rings is 1. The number of nitrogens with zero attached hydrogens (tertiary/aromatic N) is 1. The van der Waals surface area contributed by atoms with Crippen molar-refractivity contribution in [3.05, 3.63) is 29.8 Å². The molecule has 2 saturated heterocycles. The number of carbonyl (C=O) groups is 1. The molecule has 5 nitrogen and oxygen atoms in total. The molecule has 3 rings (SSSR count). The maximum atomic E-state index is 12.5. The van der Waals surface area contributed by atoms with Crippen LogP contribution in [0.2, 0.25) is 0 Å². The highest BCUT2D eigenvalue weighted by atomic mass is 16.6. The third-order valence-corrected chi connectivity index (χ3v) is 4.79. The van der Waals surface area contributed by atoms with Gasteiger partial charge in [-0.2, -0.15) is 0 Å². The zero-order valence-corrected chi connectivity index (χ0v) is 13.9. The Hall–Kier alpha value is -1.59. The fraction of sp³-hybridized carbons (Fsp3) is 0.611. The second kappa shape index (κ2) is 7.32. The normalized spacial score (nSPS) is 27.1. The van der Waals surface area contributed by atoms with Gasteiger partial charge in [0.15, 0.2) is 0 Å². The van der Waals surface area contributed by atoms with E-state index < -0.39 is 0 Å². The molecule has 3 atom stereocenters. The number of ether oxygens (including phenoxy) is 3. The van der Waals surface area contributed by atoms with Crippen LogP contribution in [0.3, 0.4) is 0 Å². The highest BCUT2D eigenvalue weighted by Gasteiger charge is 2.39. The first-order valence-corrected chi connectivity index (χ1v) is 8.24. The standard InChI is InChI=1S/C18H25NO4/c1-21-11-14-5-8-18(20)19(17(14)9-16-12-23-16)10-13-3-6-15(22-2)7-4-13/h3-4,6-7,14,16-17H,5,8-12H2,1-2H3/t14-,16?,17-/m1/s1. The van der Waals surface area contributed by atoms with Crippen molar-refractivity contribution in [3.8, 4) is 5.75 Å². The van der Waals surface area contributed by atoms with Crippen LogP contribution in [0.15, 0.2) is 24.3 Å². The minimum absolute atomic E-state index is 0.200. The lowest BCUT2D eigenvalue weighted by Gasteiger charge is -2.41. The number of piperidine rings is 1. The quantitative estimate of drug-likeness (QED) is 0.723. The molecule has 5 heteroatoms. The van der Waals surface area contributed by atoms with Gasteiger partial charge < -0.3 is 19.1 Å². The van der Waals surface area contributed by atoms with E-state index in [0.717, 1.165) is 30.8 Å². The van der Waals surface area contributed by atoms with Crippen molar-refractivity contribution in [3.63, 3.8) is 0 Å². The van der Waals surface area contributed by atoms with Crippen LogP contribution in [0.25, 0.3) is 0 Å². The number of rotatable bonds is 7. The van der Waals surface area contributed by atoms with Crippen molar-refractivity contribution in [1.29, 1.82) is 0 Å². The summed E-state index contributed by atoms with van der Waals surface area (Å²) in [6.07, 6.45) is 2.73. The van der Waals surface area contributed by atoms with Gasteiger partial charge in [-0.15, -0.1) is 0 Å². The van der Waals surface area contributed by atoms with Crippen molar-refractivity contribution < 1.29 is 19.0 Å². The molecule has 23 heavy (non-hydrogen) atoms. The summed E-state index contributed by atoms with van der Waals surface area (Å²) in [6, 6.07) is 8.13. The Labute approximate surface area is 137 Å². The number of amides is 1. The smallest absolute Gasteiger partial charge is 0.223 e. The predicted octanol–water partition coefficient (Wildman–Crippen LogP) is 2.24. The van der Waals surface area contributed by atoms with E-state index in [1.165, 1.54) is 0 Å². The lowest BCUT2D eigenvalue weighted by molar-refractivity contribution is -0.141. The molecule has 0 bridgehead atoms. The summed E-state index contributed by atoms with van der Waals surface area (Å²) in [5.74, 6) is 1.46. The molecule has 1 aromatic carbocycles. The summed E-state index contributed by atoms with van der Waals surface area (Å²) in [7, 11) is 3.39. The summed E-state index contributed by atoms with van der Waals surface area (Å²) in [6.45, 7) is 2.16. The molecular weight excluding hydrogens is 294 g/mol. The van der Waals surface area contributed by atoms with E-state index in [9.17, 15) is 4.79 Å². The van der Waals surface area contributed by atoms with Gasteiger partial charge in [0.1, 0.15) is 5.75 Å². The number of epoxide rings is 1. The first-order valence-electron chi connectivity index (χ1n) is 8.24. The molecule has 2 heterocycles. The van der Waals surface area contributed by atoms with Crippen molar-refractivity contribution in [2.45, 2.75) is 38.0 Å². The number of hydrogen-bond donors (Lipinski definition) is 0. The van der Waals surface area contributed by atoms with E-state index in [1.54, 1.807) is 14.2 Å². The Morgan fingerprint density at radius 3 is 2.61 bits per heavy atom. The Morgan fingerprint density at radius 2 is 2.00 bits per heavy atom. The van der Waals surface area contributed by atoms with Crippen LogP contribution in [-0.4, -0.2) is 50.4 Å². The van der Waals surface area contributed by atoms with E-state index in [1.807, 2.05) is 29.2 Å². The number of carbonyl (C=O) groups excluding carboxylic acids is 1. The van der Waals surface area contributed by atoms with Crippen LogP contribution < -0.4 is 4.74 Å². The number of likely N-dealkylation sites (tertiary alicyclic amines) is 1. The van der Waals surface area contributed by atoms with Crippen LogP contribution in [0.5, 0.6) is 5.75 Å². The molecule has 0 radical (unpaired) electrons. The van der Waals surface area contributed by atoms with Gasteiger partial charge >= 0.3 is 0 Å². The van der Waals surface area contributed by atoms with Crippen molar-refractivity contribution in [1.82, 2.24) is 4.90 Å². The zero-order chi connectivity index (χ0) is 16.2. The first-order chi connectivity index (χ1) is 11.2. The molecule has 2 aliphatic rings. The maximum Gasteiger partial charge on any atom is 0.223 e. The van der Waals surface area contributed by atoms with Gasteiger partial charge in [0.25, 0.3) is 0 Å². The van der Waals surface area contributed by atoms with Gasteiger partial charge in [-0.1, -0.05) is 12.1 Å². The summed E-state index contributed by atoms with van der Waals surface area (Å²) in [4.78, 5) is 14.5. The lowest BCUT2D eigenvalue weighted by atomic mass is 9.86. The SMILES string of the molecule is COC[C@H]1CCC(=O)N(Cc2ccc(OC)cc2)[C@@H]1CC1CO1. The van der Waals surface area contributed by atoms with Gasteiger partial charge in [0.05, 0.1) is 26.4 Å². The molecule has 126 valence electrons. The second-order valence-corrected chi connectivity index (χ2v) is 6.38. The van der Waals surface area contributed by atoms with Gasteiger partial charge in [-0.25, -0.2) is 0 Å². The molecule has 0 N–H and O–H groups in total. The van der Waals surface area contributed by atoms with Crippen LogP contribution in [0.1, 0.15) is 24.8 Å². The van der Waals surface area contributed by atoms with Gasteiger partial charge in [-0.3, -0.25) is 4.79 Å². The second-order valence-electron chi connectivity index (χ2n) is 6.38. The average Bonchev–Trinajstić information content (AvgIpc) is 3.38. The molecule has 1 unspecified atom stereocenters. The Balaban J connectivity index is 1.74. The average molecular weight is 319 g/mol. The molecule has 1 amide bonds. The molecule has 0 aromatic heterocycles. The first kappa shape index (κ1) is 16.3. The molecule has 0 aliphatic carbocycles. The van der Waals surface area contributed by atoms with Crippen molar-refractivity contribution in [2.75, 3.05) is 27.4 Å². The fourth-order valence-electron chi connectivity index (χ4n) is 3.42. The van der Waals surface area contributed by atoms with E-state index in [4.69, 9.17) is 14.2 Å². The van der Waals surface area contributed by atoms with Crippen molar-refractivity contribution in [2.24, 2.45) is 5.92 Å². The molecule has 2 aliphatic heterocycles. The van der Waals surface area contributed by atoms with Crippen molar-refractivity contribution >= 4 is 5.91 Å². The largest absolute Gasteiger partial charge is 0.497 e. The molecule has 0 saturated carbocycles. The predicted molar refractivity (Wildman–Crippen MR) is 86.3 cm³/mol. The Bertz CT molecular complexity index is 526. The zero-order valence-electron chi connectivity index (χ0n) is 13.9. The van der Waals surface area contributed by atoms with Gasteiger partial charge in [0, 0.05) is 32.0 Å². The van der Waals surface area contributed by atoms with E-state index in [0.29, 0.717) is 31.6 Å². The fourth-order valence-corrected chi connectivity index (χ4v) is 3.42. The molecular formula is C18H25NO4. The topological polar surface area (TPSA) is 51.3 Å². The van der Waals surface area contributed by atoms with E-state index >= 15 is 0 Å². The highest BCUT2D eigenvalue weighted by molar-refractivity contribution is 5.77. The van der Waals surface area contributed by atoms with Crippen LogP contribution in [-0.2, 0) is 20.8 Å². The minimum atomic E-state index is 0.200. The van der Waals surface area contributed by atoms with Gasteiger partial charge in [-0.05, 0) is 30.5 Å². The molecule has 2 fully saturated rings. The lowest BCUT2D eigenvalue weighted by Crippen LogP contribution is -2.50. The maximum absolute atomic E-state index is 12.5. The van der Waals surface area contributed by atoms with E-state index in [-0.39, 0.29) is 11.9 Å². The Morgan fingerprint density at radius 1 is 1.26 bits per heavy atom. The van der Waals surface area contributed by atoms with Gasteiger partial charge in [0.2, 0.25) is 5.91 Å². The highest BCUT2D eigenvalue weighted by Crippen LogP contribution is 2.32. The number of methoxy groups -OCH3 is 2. The third-order valence-electron chi connectivity index (χ3n) is 4.79. The number of hydrogen-bond acceptors (Lipinski definition) is 4. The van der Waals surface area contributed by atoms with Crippen LogP contribution >= 0.6 is 0 Å². The minimum Gasteiger partial charge on any atom is -0.497 e. The Kier molecular flexibility index (Phi) is 5.18. The summed E-state index contributed by atoms with van der Waals surface area (Å²) in [5.41, 5.74) is 1.12. The third kappa shape index (κ3) is 4.03. The summed E-state index contributed by atoms with van der Waals surface area (Å²) < 4.78 is 16.0.